The third-order valence-electron chi connectivity index (χ3n) is 4.91. The molecule has 0 bridgehead atoms. The van der Waals surface area contributed by atoms with Gasteiger partial charge >= 0.3 is 0 Å². The molecule has 0 atom stereocenters. The van der Waals surface area contributed by atoms with E-state index in [4.69, 9.17) is 9.26 Å². The minimum atomic E-state index is -3.53. The van der Waals surface area contributed by atoms with Crippen molar-refractivity contribution in [1.29, 1.82) is 0 Å². The van der Waals surface area contributed by atoms with E-state index in [-0.39, 0.29) is 4.90 Å². The second-order valence-electron chi connectivity index (χ2n) is 6.73. The van der Waals surface area contributed by atoms with Crippen LogP contribution in [0, 0.1) is 0 Å². The maximum Gasteiger partial charge on any atom is 0.274 e. The lowest BCUT2D eigenvalue weighted by Gasteiger charge is -2.26. The number of para-hydroxylation sites is 1. The maximum absolute atomic E-state index is 12.7. The van der Waals surface area contributed by atoms with Gasteiger partial charge in [-0.2, -0.15) is 9.29 Å². The first-order valence-corrected chi connectivity index (χ1v) is 10.7. The number of ether oxygens (including phenoxy) is 1. The minimum absolute atomic E-state index is 0.238. The van der Waals surface area contributed by atoms with Gasteiger partial charge in [-0.25, -0.2) is 8.42 Å². The highest BCUT2D eigenvalue weighted by Crippen LogP contribution is 2.26. The Morgan fingerprint density at radius 3 is 2.52 bits per heavy atom. The SMILES string of the molecule is O=S(=O)(c1ccc(-c2noc(-c3cc4ccccc4[nH]3)n2)cc1)N1CCOCC1. The van der Waals surface area contributed by atoms with Crippen LogP contribution in [-0.4, -0.2) is 54.2 Å². The van der Waals surface area contributed by atoms with Gasteiger partial charge < -0.3 is 14.2 Å². The van der Waals surface area contributed by atoms with E-state index >= 15 is 0 Å². The van der Waals surface area contributed by atoms with Gasteiger partial charge in [-0.05, 0) is 36.4 Å². The summed E-state index contributed by atoms with van der Waals surface area (Å²) in [5.41, 5.74) is 2.40. The summed E-state index contributed by atoms with van der Waals surface area (Å²) in [6.07, 6.45) is 0. The van der Waals surface area contributed by atoms with Gasteiger partial charge in [-0.1, -0.05) is 23.4 Å². The van der Waals surface area contributed by atoms with E-state index in [1.807, 2.05) is 30.3 Å². The molecule has 1 fully saturated rings. The molecule has 2 aromatic carbocycles. The smallest absolute Gasteiger partial charge is 0.274 e. The average Bonchev–Trinajstić information content (AvgIpc) is 3.41. The topological polar surface area (TPSA) is 101 Å². The number of H-pyrrole nitrogens is 1. The van der Waals surface area contributed by atoms with Crippen molar-refractivity contribution in [3.63, 3.8) is 0 Å². The van der Waals surface area contributed by atoms with Crippen molar-refractivity contribution >= 4 is 20.9 Å². The Morgan fingerprint density at radius 2 is 1.76 bits per heavy atom. The molecule has 3 heterocycles. The minimum Gasteiger partial charge on any atom is -0.379 e. The van der Waals surface area contributed by atoms with E-state index in [2.05, 4.69) is 15.1 Å². The molecule has 9 heteroatoms. The molecular formula is C20H18N4O4S. The third kappa shape index (κ3) is 3.33. The van der Waals surface area contributed by atoms with Gasteiger partial charge in [0.25, 0.3) is 5.89 Å². The summed E-state index contributed by atoms with van der Waals surface area (Å²) < 4.78 is 37.5. The molecule has 1 N–H and O–H groups in total. The van der Waals surface area contributed by atoms with Crippen LogP contribution in [0.3, 0.4) is 0 Å². The highest BCUT2D eigenvalue weighted by atomic mass is 32.2. The standard InChI is InChI=1S/C20H18N4O4S/c25-29(26,24-9-11-27-12-10-24)16-7-5-14(6-8-16)19-22-20(28-23-19)18-13-15-3-1-2-4-17(15)21-18/h1-8,13,21H,9-12H2. The second kappa shape index (κ2) is 7.11. The van der Waals surface area contributed by atoms with Crippen molar-refractivity contribution in [1.82, 2.24) is 19.4 Å². The van der Waals surface area contributed by atoms with E-state index < -0.39 is 10.0 Å². The normalized spacial score (nSPS) is 15.7. The number of rotatable bonds is 4. The van der Waals surface area contributed by atoms with E-state index in [1.165, 1.54) is 4.31 Å². The van der Waals surface area contributed by atoms with E-state index in [9.17, 15) is 8.42 Å². The number of nitrogens with zero attached hydrogens (tertiary/aromatic N) is 3. The molecule has 148 valence electrons. The number of aromatic nitrogens is 3. The van der Waals surface area contributed by atoms with Crippen LogP contribution in [-0.2, 0) is 14.8 Å². The summed E-state index contributed by atoms with van der Waals surface area (Å²) in [6, 6.07) is 16.4. The number of morpholine rings is 1. The molecule has 1 aliphatic rings. The van der Waals surface area contributed by atoms with Crippen LogP contribution >= 0.6 is 0 Å². The number of sulfonamides is 1. The molecule has 29 heavy (non-hydrogen) atoms. The lowest BCUT2D eigenvalue weighted by molar-refractivity contribution is 0.0730. The van der Waals surface area contributed by atoms with Crippen LogP contribution in [0.2, 0.25) is 0 Å². The summed E-state index contributed by atoms with van der Waals surface area (Å²) in [4.78, 5) is 7.93. The number of aromatic amines is 1. The van der Waals surface area contributed by atoms with Crippen molar-refractivity contribution in [2.24, 2.45) is 0 Å². The van der Waals surface area contributed by atoms with Gasteiger partial charge in [0.15, 0.2) is 0 Å². The molecule has 1 saturated heterocycles. The quantitative estimate of drug-likeness (QED) is 0.555. The largest absolute Gasteiger partial charge is 0.379 e. The molecule has 0 saturated carbocycles. The first-order chi connectivity index (χ1) is 14.1. The fourth-order valence-corrected chi connectivity index (χ4v) is 4.76. The first-order valence-electron chi connectivity index (χ1n) is 9.21. The fourth-order valence-electron chi connectivity index (χ4n) is 3.35. The average molecular weight is 410 g/mol. The highest BCUT2D eigenvalue weighted by Gasteiger charge is 2.26. The summed E-state index contributed by atoms with van der Waals surface area (Å²) >= 11 is 0. The maximum atomic E-state index is 12.7. The zero-order valence-corrected chi connectivity index (χ0v) is 16.2. The Bertz CT molecular complexity index is 1220. The molecule has 0 spiro atoms. The van der Waals surface area contributed by atoms with Crippen molar-refractivity contribution in [2.45, 2.75) is 4.90 Å². The third-order valence-corrected chi connectivity index (χ3v) is 6.82. The van der Waals surface area contributed by atoms with Crippen molar-refractivity contribution in [3.05, 3.63) is 54.6 Å². The number of benzene rings is 2. The first kappa shape index (κ1) is 18.0. The van der Waals surface area contributed by atoms with Crippen LogP contribution in [0.5, 0.6) is 0 Å². The van der Waals surface area contributed by atoms with Gasteiger partial charge in [0.2, 0.25) is 15.8 Å². The van der Waals surface area contributed by atoms with Gasteiger partial charge in [0.1, 0.15) is 5.69 Å². The highest BCUT2D eigenvalue weighted by molar-refractivity contribution is 7.89. The van der Waals surface area contributed by atoms with E-state index in [0.717, 1.165) is 16.6 Å². The van der Waals surface area contributed by atoms with Gasteiger partial charge in [0.05, 0.1) is 18.1 Å². The molecular weight excluding hydrogens is 392 g/mol. The van der Waals surface area contributed by atoms with Crippen LogP contribution in [0.1, 0.15) is 0 Å². The number of nitrogens with one attached hydrogen (secondary N) is 1. The molecule has 0 amide bonds. The van der Waals surface area contributed by atoms with Crippen LogP contribution in [0.15, 0.2) is 64.0 Å². The van der Waals surface area contributed by atoms with Crippen molar-refractivity contribution < 1.29 is 17.7 Å². The van der Waals surface area contributed by atoms with Crippen molar-refractivity contribution in [2.75, 3.05) is 26.3 Å². The molecule has 8 nitrogen and oxygen atoms in total. The number of hydrogen-bond acceptors (Lipinski definition) is 6. The molecule has 0 aliphatic carbocycles. The molecule has 0 unspecified atom stereocenters. The monoisotopic (exact) mass is 410 g/mol. The Labute approximate surface area is 167 Å². The van der Waals surface area contributed by atoms with E-state index in [1.54, 1.807) is 24.3 Å². The summed E-state index contributed by atoms with van der Waals surface area (Å²) in [5.74, 6) is 0.773. The van der Waals surface area contributed by atoms with Gasteiger partial charge in [-0.3, -0.25) is 0 Å². The molecule has 1 aliphatic heterocycles. The Kier molecular flexibility index (Phi) is 4.42. The Balaban J connectivity index is 1.40. The second-order valence-corrected chi connectivity index (χ2v) is 8.67. The van der Waals surface area contributed by atoms with Gasteiger partial charge in [-0.15, -0.1) is 0 Å². The van der Waals surface area contributed by atoms with Crippen LogP contribution in [0.25, 0.3) is 33.9 Å². The zero-order valence-electron chi connectivity index (χ0n) is 15.4. The predicted octanol–water partition coefficient (Wildman–Crippen LogP) is 2.91. The fraction of sp³-hybridized carbons (Fsp3) is 0.200. The van der Waals surface area contributed by atoms with Crippen molar-refractivity contribution in [3.8, 4) is 23.0 Å². The summed E-state index contributed by atoms with van der Waals surface area (Å²) in [5, 5.41) is 5.09. The number of hydrogen-bond donors (Lipinski definition) is 1. The Hall–Kier alpha value is -3.01. The lowest BCUT2D eigenvalue weighted by atomic mass is 10.2. The summed E-state index contributed by atoms with van der Waals surface area (Å²) in [7, 11) is -3.53. The number of fused-ring (bicyclic) bond motifs is 1. The molecule has 2 aromatic heterocycles. The van der Waals surface area contributed by atoms with Gasteiger partial charge in [0, 0.05) is 29.6 Å². The zero-order chi connectivity index (χ0) is 19.8. The molecule has 0 radical (unpaired) electrons. The predicted molar refractivity (Wildman–Crippen MR) is 107 cm³/mol. The van der Waals surface area contributed by atoms with E-state index in [0.29, 0.717) is 43.6 Å². The lowest BCUT2D eigenvalue weighted by Crippen LogP contribution is -2.40. The molecule has 5 rings (SSSR count). The summed E-state index contributed by atoms with van der Waals surface area (Å²) in [6.45, 7) is 1.55. The van der Waals surface area contributed by atoms with Crippen LogP contribution < -0.4 is 0 Å². The van der Waals surface area contributed by atoms with Crippen LogP contribution in [0.4, 0.5) is 0 Å². The Morgan fingerprint density at radius 1 is 1.00 bits per heavy atom. The molecule has 4 aromatic rings.